The smallest absolute Gasteiger partial charge is 0.271 e. The van der Waals surface area contributed by atoms with E-state index in [4.69, 9.17) is 11.6 Å². The Morgan fingerprint density at radius 3 is 2.68 bits per heavy atom. The molecule has 25 heavy (non-hydrogen) atoms. The minimum absolute atomic E-state index is 0.0506. The lowest BCUT2D eigenvalue weighted by molar-refractivity contribution is -0.384. The molecule has 0 atom stereocenters. The normalized spacial score (nSPS) is 13.3. The number of carbonyl (C=O) groups is 1. The van der Waals surface area contributed by atoms with Crippen molar-refractivity contribution in [1.29, 1.82) is 0 Å². The highest BCUT2D eigenvalue weighted by atomic mass is 35.5. The van der Waals surface area contributed by atoms with Crippen molar-refractivity contribution >= 4 is 34.6 Å². The molecule has 1 amide bonds. The number of anilines is 2. The molecule has 0 saturated carbocycles. The Bertz CT molecular complexity index is 825. The van der Waals surface area contributed by atoms with Gasteiger partial charge in [-0.2, -0.15) is 0 Å². The van der Waals surface area contributed by atoms with Crippen LogP contribution in [-0.2, 0) is 17.8 Å². The van der Waals surface area contributed by atoms with E-state index in [1.807, 2.05) is 12.1 Å². The second-order valence-corrected chi connectivity index (χ2v) is 6.22. The lowest BCUT2D eigenvalue weighted by atomic mass is 9.99. The largest absolute Gasteiger partial charge is 0.365 e. The first kappa shape index (κ1) is 17.2. The maximum Gasteiger partial charge on any atom is 0.271 e. The first-order valence-electron chi connectivity index (χ1n) is 7.94. The predicted molar refractivity (Wildman–Crippen MR) is 98.4 cm³/mol. The maximum atomic E-state index is 12.0. The third kappa shape index (κ3) is 3.44. The van der Waals surface area contributed by atoms with Crippen molar-refractivity contribution in [2.24, 2.45) is 0 Å². The molecule has 2 aromatic rings. The molecule has 0 saturated heterocycles. The van der Waals surface area contributed by atoms with Crippen LogP contribution in [0.25, 0.3) is 0 Å². The number of hydrogen-bond acceptors (Lipinski definition) is 4. The van der Waals surface area contributed by atoms with Crippen molar-refractivity contribution in [2.75, 3.05) is 29.3 Å². The van der Waals surface area contributed by atoms with E-state index in [1.54, 1.807) is 13.1 Å². The molecular weight excluding hydrogens is 342 g/mol. The average molecular weight is 360 g/mol. The number of alkyl halides is 1. The lowest BCUT2D eigenvalue weighted by Crippen LogP contribution is -2.34. The van der Waals surface area contributed by atoms with Gasteiger partial charge in [-0.15, -0.1) is 11.6 Å². The zero-order valence-corrected chi connectivity index (χ0v) is 14.6. The Morgan fingerprint density at radius 2 is 2.00 bits per heavy atom. The highest BCUT2D eigenvalue weighted by Gasteiger charge is 2.23. The molecule has 0 unspecified atom stereocenters. The van der Waals surface area contributed by atoms with Crippen molar-refractivity contribution in [3.63, 3.8) is 0 Å². The number of halogens is 1. The fraction of sp³-hybridized carbons (Fsp3) is 0.278. The molecule has 1 aliphatic heterocycles. The van der Waals surface area contributed by atoms with E-state index in [2.05, 4.69) is 17.0 Å². The molecule has 0 fully saturated rings. The molecule has 3 rings (SSSR count). The zero-order chi connectivity index (χ0) is 18.0. The maximum absolute atomic E-state index is 12.0. The summed E-state index contributed by atoms with van der Waals surface area (Å²) in [6.07, 6.45) is 0.889. The van der Waals surface area contributed by atoms with Crippen LogP contribution in [0.15, 0.2) is 42.5 Å². The summed E-state index contributed by atoms with van der Waals surface area (Å²) < 4.78 is 0. The number of nitro benzene ring substituents is 1. The molecule has 7 heteroatoms. The lowest BCUT2D eigenvalue weighted by Gasteiger charge is -2.33. The number of nitro groups is 1. The van der Waals surface area contributed by atoms with Crippen LogP contribution in [0.1, 0.15) is 11.1 Å². The SMILES string of the molecule is CN(C(=O)CCl)c1cc([N+](=O)[O-])ccc1N1CCc2ccccc2C1. The third-order valence-electron chi connectivity index (χ3n) is 4.49. The third-order valence-corrected chi connectivity index (χ3v) is 4.72. The number of amides is 1. The van der Waals surface area contributed by atoms with Gasteiger partial charge in [0.2, 0.25) is 5.91 Å². The molecule has 0 bridgehead atoms. The topological polar surface area (TPSA) is 66.7 Å². The van der Waals surface area contributed by atoms with Gasteiger partial charge in [-0.05, 0) is 23.6 Å². The quantitative estimate of drug-likeness (QED) is 0.477. The van der Waals surface area contributed by atoms with E-state index in [9.17, 15) is 14.9 Å². The van der Waals surface area contributed by atoms with Crippen LogP contribution >= 0.6 is 11.6 Å². The molecule has 0 radical (unpaired) electrons. The van der Waals surface area contributed by atoms with E-state index in [0.717, 1.165) is 18.7 Å². The summed E-state index contributed by atoms with van der Waals surface area (Å²) in [5.41, 5.74) is 3.78. The Labute approximate surface area is 150 Å². The second-order valence-electron chi connectivity index (χ2n) is 5.96. The van der Waals surface area contributed by atoms with Gasteiger partial charge in [0, 0.05) is 32.3 Å². The Morgan fingerprint density at radius 1 is 1.28 bits per heavy atom. The molecule has 1 aliphatic rings. The summed E-state index contributed by atoms with van der Waals surface area (Å²) in [5, 5.41) is 11.1. The summed E-state index contributed by atoms with van der Waals surface area (Å²) in [7, 11) is 1.59. The monoisotopic (exact) mass is 359 g/mol. The average Bonchev–Trinajstić information content (AvgIpc) is 2.65. The number of fused-ring (bicyclic) bond motifs is 1. The number of nitrogens with zero attached hydrogens (tertiary/aromatic N) is 3. The highest BCUT2D eigenvalue weighted by Crippen LogP contribution is 2.35. The van der Waals surface area contributed by atoms with Crippen LogP contribution in [0.4, 0.5) is 17.1 Å². The number of benzene rings is 2. The van der Waals surface area contributed by atoms with Gasteiger partial charge < -0.3 is 9.80 Å². The standard InChI is InChI=1S/C18H18ClN3O3/c1-20(18(23)11-19)17-10-15(22(24)25)6-7-16(17)21-9-8-13-4-2-3-5-14(13)12-21/h2-7,10H,8-9,11-12H2,1H3. The van der Waals surface area contributed by atoms with Gasteiger partial charge in [0.05, 0.1) is 16.3 Å². The van der Waals surface area contributed by atoms with Gasteiger partial charge >= 0.3 is 0 Å². The van der Waals surface area contributed by atoms with Crippen molar-refractivity contribution in [1.82, 2.24) is 0 Å². The number of carbonyl (C=O) groups excluding carboxylic acids is 1. The van der Waals surface area contributed by atoms with Crippen LogP contribution in [0, 0.1) is 10.1 Å². The zero-order valence-electron chi connectivity index (χ0n) is 13.8. The molecule has 6 nitrogen and oxygen atoms in total. The van der Waals surface area contributed by atoms with E-state index >= 15 is 0 Å². The fourth-order valence-corrected chi connectivity index (χ4v) is 3.27. The number of rotatable bonds is 4. The summed E-state index contributed by atoms with van der Waals surface area (Å²) in [5.74, 6) is -0.484. The Kier molecular flexibility index (Phi) is 4.90. The van der Waals surface area contributed by atoms with Crippen LogP contribution < -0.4 is 9.80 Å². The van der Waals surface area contributed by atoms with Gasteiger partial charge in [-0.1, -0.05) is 24.3 Å². The summed E-state index contributed by atoms with van der Waals surface area (Å²) in [6.45, 7) is 1.48. The number of non-ortho nitro benzene ring substituents is 1. The molecular formula is C18H18ClN3O3. The fourth-order valence-electron chi connectivity index (χ4n) is 3.09. The van der Waals surface area contributed by atoms with Crippen LogP contribution in [0.2, 0.25) is 0 Å². The molecule has 0 spiro atoms. The Balaban J connectivity index is 2.01. The molecule has 130 valence electrons. The number of hydrogen-bond donors (Lipinski definition) is 0. The van der Waals surface area contributed by atoms with Gasteiger partial charge in [0.1, 0.15) is 5.88 Å². The first-order valence-corrected chi connectivity index (χ1v) is 8.47. The van der Waals surface area contributed by atoms with Crippen molar-refractivity contribution in [2.45, 2.75) is 13.0 Å². The van der Waals surface area contributed by atoms with E-state index in [1.165, 1.54) is 28.2 Å². The second kappa shape index (κ2) is 7.11. The highest BCUT2D eigenvalue weighted by molar-refractivity contribution is 6.29. The van der Waals surface area contributed by atoms with E-state index < -0.39 is 4.92 Å². The van der Waals surface area contributed by atoms with Gasteiger partial charge in [-0.25, -0.2) is 0 Å². The summed E-state index contributed by atoms with van der Waals surface area (Å²) >= 11 is 5.67. The predicted octanol–water partition coefficient (Wildman–Crippen LogP) is 3.36. The van der Waals surface area contributed by atoms with Crippen molar-refractivity contribution < 1.29 is 9.72 Å². The molecule has 0 aliphatic carbocycles. The van der Waals surface area contributed by atoms with Crippen LogP contribution in [0.5, 0.6) is 0 Å². The summed E-state index contributed by atoms with van der Waals surface area (Å²) in [6, 6.07) is 12.8. The van der Waals surface area contributed by atoms with Gasteiger partial charge in [0.25, 0.3) is 5.69 Å². The molecule has 2 aromatic carbocycles. The first-order chi connectivity index (χ1) is 12.0. The van der Waals surface area contributed by atoms with Crippen molar-refractivity contribution in [3.8, 4) is 0 Å². The van der Waals surface area contributed by atoms with Crippen LogP contribution in [-0.4, -0.2) is 30.3 Å². The minimum Gasteiger partial charge on any atom is -0.365 e. The molecule has 0 N–H and O–H groups in total. The van der Waals surface area contributed by atoms with E-state index in [0.29, 0.717) is 12.2 Å². The van der Waals surface area contributed by atoms with Crippen molar-refractivity contribution in [3.05, 3.63) is 63.7 Å². The molecule has 1 heterocycles. The Hall–Kier alpha value is -2.60. The molecule has 0 aromatic heterocycles. The summed E-state index contributed by atoms with van der Waals surface area (Å²) in [4.78, 5) is 26.2. The van der Waals surface area contributed by atoms with Gasteiger partial charge in [0.15, 0.2) is 0 Å². The van der Waals surface area contributed by atoms with Gasteiger partial charge in [-0.3, -0.25) is 14.9 Å². The van der Waals surface area contributed by atoms with E-state index in [-0.39, 0.29) is 17.5 Å². The van der Waals surface area contributed by atoms with Crippen LogP contribution in [0.3, 0.4) is 0 Å². The minimum atomic E-state index is -0.461.